The number of amides is 2. The maximum Gasteiger partial charge on any atom is 0.410 e. The first-order valence-corrected chi connectivity index (χ1v) is 8.31. The van der Waals surface area contributed by atoms with Crippen molar-refractivity contribution >= 4 is 29.8 Å². The maximum absolute atomic E-state index is 12.7. The Morgan fingerprint density at radius 3 is 2.75 bits per heavy atom. The van der Waals surface area contributed by atoms with Gasteiger partial charge in [-0.25, -0.2) is 4.79 Å². The highest BCUT2D eigenvalue weighted by Gasteiger charge is 2.43. The minimum atomic E-state index is -0.544. The largest absolute Gasteiger partial charge is 0.453 e. The fraction of sp³-hybridized carbons (Fsp3) is 0.471. The molecule has 128 valence electrons. The number of hydrogen-bond acceptors (Lipinski definition) is 5. The van der Waals surface area contributed by atoms with Gasteiger partial charge >= 0.3 is 6.09 Å². The van der Waals surface area contributed by atoms with Gasteiger partial charge in [-0.05, 0) is 44.6 Å². The Kier molecular flexibility index (Phi) is 4.21. The van der Waals surface area contributed by atoms with Crippen LogP contribution in [0.4, 0.5) is 4.79 Å². The molecule has 1 saturated heterocycles. The third kappa shape index (κ3) is 2.96. The fourth-order valence-electron chi connectivity index (χ4n) is 3.13. The zero-order valence-corrected chi connectivity index (χ0v) is 14.8. The Bertz CT molecular complexity index is 698. The normalized spacial score (nSPS) is 19.6. The molecule has 2 heterocycles. The van der Waals surface area contributed by atoms with E-state index in [2.05, 4.69) is 0 Å². The predicted molar refractivity (Wildman–Crippen MR) is 92.3 cm³/mol. The molecule has 1 atom stereocenters. The molecule has 0 radical (unpaired) electrons. The van der Waals surface area contributed by atoms with Gasteiger partial charge in [-0.1, -0.05) is 12.1 Å². The first-order valence-electron chi connectivity index (χ1n) is 7.84. The van der Waals surface area contributed by atoms with Crippen molar-refractivity contribution in [3.63, 3.8) is 0 Å². The van der Waals surface area contributed by atoms with Crippen LogP contribution in [0, 0.1) is 0 Å². The van der Waals surface area contributed by atoms with E-state index in [1.165, 1.54) is 0 Å². The highest BCUT2D eigenvalue weighted by molar-refractivity contribution is 7.78. The van der Waals surface area contributed by atoms with Crippen molar-refractivity contribution in [2.24, 2.45) is 0 Å². The predicted octanol–water partition coefficient (Wildman–Crippen LogP) is 2.77. The van der Waals surface area contributed by atoms with Crippen molar-refractivity contribution in [2.75, 3.05) is 19.6 Å². The molecule has 24 heavy (non-hydrogen) atoms. The number of thiocarbonyl (C=S) groups is 1. The van der Waals surface area contributed by atoms with E-state index in [9.17, 15) is 9.59 Å². The second kappa shape index (κ2) is 6.05. The van der Waals surface area contributed by atoms with Crippen molar-refractivity contribution in [1.82, 2.24) is 9.80 Å². The molecule has 7 heteroatoms. The van der Waals surface area contributed by atoms with E-state index < -0.39 is 5.60 Å². The quantitative estimate of drug-likeness (QED) is 0.769. The molecule has 0 bridgehead atoms. The van der Waals surface area contributed by atoms with Gasteiger partial charge in [-0.2, -0.15) is 0 Å². The van der Waals surface area contributed by atoms with Gasteiger partial charge in [0.25, 0.3) is 5.91 Å². The fourth-order valence-corrected chi connectivity index (χ4v) is 3.24. The number of benzene rings is 1. The summed E-state index contributed by atoms with van der Waals surface area (Å²) in [6.45, 7) is 6.84. The molecule has 1 aromatic rings. The number of carbonyl (C=O) groups is 2. The Labute approximate surface area is 146 Å². The lowest BCUT2D eigenvalue weighted by atomic mass is 10.0. The van der Waals surface area contributed by atoms with E-state index >= 15 is 0 Å². The number of carbonyl (C=O) groups excluding carboxylic acids is 2. The summed E-state index contributed by atoms with van der Waals surface area (Å²) in [6.07, 6.45) is -0.352. The van der Waals surface area contributed by atoms with Gasteiger partial charge in [0.15, 0.2) is 5.55 Å². The molecule has 1 fully saturated rings. The SMILES string of the molecule is CC(C)(C)OC(=O)N1CCN2C(=O)c3c(OC=S)cccc3[C@H]2C1. The van der Waals surface area contributed by atoms with Gasteiger partial charge in [0.05, 0.1) is 11.6 Å². The summed E-state index contributed by atoms with van der Waals surface area (Å²) in [7, 11) is 0. The third-order valence-electron chi connectivity index (χ3n) is 4.10. The number of rotatable bonds is 2. The molecule has 0 saturated carbocycles. The average molecular weight is 348 g/mol. The Hall–Kier alpha value is -2.15. The van der Waals surface area contributed by atoms with Crippen LogP contribution >= 0.6 is 12.2 Å². The van der Waals surface area contributed by atoms with Gasteiger partial charge in [-0.15, -0.1) is 0 Å². The summed E-state index contributed by atoms with van der Waals surface area (Å²) in [5, 5.41) is 0. The average Bonchev–Trinajstić information content (AvgIpc) is 2.80. The topological polar surface area (TPSA) is 59.1 Å². The van der Waals surface area contributed by atoms with Gasteiger partial charge in [-0.3, -0.25) is 4.79 Å². The first-order chi connectivity index (χ1) is 11.3. The van der Waals surface area contributed by atoms with E-state index in [0.29, 0.717) is 30.9 Å². The summed E-state index contributed by atoms with van der Waals surface area (Å²) in [5.74, 6) is 0.386. The highest BCUT2D eigenvalue weighted by atomic mass is 32.1. The van der Waals surface area contributed by atoms with Crippen molar-refractivity contribution < 1.29 is 19.1 Å². The van der Waals surface area contributed by atoms with E-state index in [0.717, 1.165) is 11.1 Å². The lowest BCUT2D eigenvalue weighted by Gasteiger charge is -2.38. The molecule has 0 N–H and O–H groups in total. The molecule has 2 aliphatic rings. The lowest BCUT2D eigenvalue weighted by Crippen LogP contribution is -2.50. The van der Waals surface area contributed by atoms with Crippen LogP contribution in [0.3, 0.4) is 0 Å². The summed E-state index contributed by atoms with van der Waals surface area (Å²) in [4.78, 5) is 28.5. The highest BCUT2D eigenvalue weighted by Crippen LogP contribution is 2.40. The molecule has 0 unspecified atom stereocenters. The summed E-state index contributed by atoms with van der Waals surface area (Å²) >= 11 is 4.73. The minimum absolute atomic E-state index is 0.0775. The molecule has 0 aliphatic carbocycles. The zero-order chi connectivity index (χ0) is 17.5. The zero-order valence-electron chi connectivity index (χ0n) is 13.9. The lowest BCUT2D eigenvalue weighted by molar-refractivity contribution is 0.00656. The molecule has 2 aliphatic heterocycles. The second-order valence-corrected chi connectivity index (χ2v) is 7.07. The number of piperazine rings is 1. The van der Waals surface area contributed by atoms with Crippen molar-refractivity contribution in [3.8, 4) is 5.75 Å². The van der Waals surface area contributed by atoms with Crippen molar-refractivity contribution in [3.05, 3.63) is 29.3 Å². The van der Waals surface area contributed by atoms with Gasteiger partial charge in [0.2, 0.25) is 0 Å². The van der Waals surface area contributed by atoms with Gasteiger partial charge < -0.3 is 19.3 Å². The Balaban J connectivity index is 1.86. The Morgan fingerprint density at radius 2 is 2.08 bits per heavy atom. The summed E-state index contributed by atoms with van der Waals surface area (Å²) in [6, 6.07) is 5.27. The number of hydrogen-bond donors (Lipinski definition) is 0. The van der Waals surface area contributed by atoms with E-state index in [1.54, 1.807) is 15.9 Å². The monoisotopic (exact) mass is 348 g/mol. The van der Waals surface area contributed by atoms with Crippen LogP contribution in [0.15, 0.2) is 18.2 Å². The van der Waals surface area contributed by atoms with E-state index in [-0.39, 0.29) is 18.0 Å². The van der Waals surface area contributed by atoms with Gasteiger partial charge in [0, 0.05) is 19.6 Å². The van der Waals surface area contributed by atoms with Crippen LogP contribution in [0.25, 0.3) is 0 Å². The van der Waals surface area contributed by atoms with E-state index in [1.807, 2.05) is 32.9 Å². The first kappa shape index (κ1) is 16.7. The van der Waals surface area contributed by atoms with Crippen LogP contribution in [-0.4, -0.2) is 52.6 Å². The van der Waals surface area contributed by atoms with Crippen LogP contribution in [0.2, 0.25) is 0 Å². The minimum Gasteiger partial charge on any atom is -0.453 e. The van der Waals surface area contributed by atoms with Crippen LogP contribution in [-0.2, 0) is 4.74 Å². The van der Waals surface area contributed by atoms with Crippen LogP contribution in [0.1, 0.15) is 42.7 Å². The number of nitrogens with zero attached hydrogens (tertiary/aromatic N) is 2. The number of ether oxygens (including phenoxy) is 2. The van der Waals surface area contributed by atoms with Crippen LogP contribution < -0.4 is 4.74 Å². The smallest absolute Gasteiger partial charge is 0.410 e. The molecule has 0 aromatic heterocycles. The molecule has 0 spiro atoms. The van der Waals surface area contributed by atoms with Crippen molar-refractivity contribution in [1.29, 1.82) is 0 Å². The van der Waals surface area contributed by atoms with Crippen LogP contribution in [0.5, 0.6) is 5.75 Å². The van der Waals surface area contributed by atoms with E-state index in [4.69, 9.17) is 21.7 Å². The summed E-state index contributed by atoms with van der Waals surface area (Å²) in [5.41, 5.74) is 2.00. The summed E-state index contributed by atoms with van der Waals surface area (Å²) < 4.78 is 10.7. The Morgan fingerprint density at radius 1 is 1.33 bits per heavy atom. The molecule has 3 rings (SSSR count). The molecular formula is C17H20N2O4S. The molecular weight excluding hydrogens is 328 g/mol. The molecule has 1 aromatic carbocycles. The third-order valence-corrected chi connectivity index (χ3v) is 4.20. The molecule has 2 amide bonds. The maximum atomic E-state index is 12.7. The molecule has 6 nitrogen and oxygen atoms in total. The van der Waals surface area contributed by atoms with Gasteiger partial charge in [0.1, 0.15) is 11.4 Å². The van der Waals surface area contributed by atoms with Crippen molar-refractivity contribution in [2.45, 2.75) is 32.4 Å². The standard InChI is InChI=1S/C17H20N2O4S/c1-17(2,3)23-16(21)18-7-8-19-12(9-18)11-5-4-6-13(22-10-24)14(11)15(19)20/h4-6,10,12H,7-9H2,1-3H3/t12-/m1/s1. The second-order valence-electron chi connectivity index (χ2n) is 6.88. The number of fused-ring (bicyclic) bond motifs is 3.